The second-order valence-electron chi connectivity index (χ2n) is 10.6. The topological polar surface area (TPSA) is 82.9 Å². The molecule has 1 aliphatic heterocycles. The van der Waals surface area contributed by atoms with E-state index in [9.17, 15) is 4.79 Å². The van der Waals surface area contributed by atoms with Crippen LogP contribution in [0.5, 0.6) is 0 Å². The molecule has 3 heterocycles. The summed E-state index contributed by atoms with van der Waals surface area (Å²) in [6, 6.07) is 16.8. The minimum Gasteiger partial charge on any atom is -0.369 e. The van der Waals surface area contributed by atoms with Gasteiger partial charge in [0, 0.05) is 48.3 Å². The van der Waals surface area contributed by atoms with E-state index in [4.69, 9.17) is 0 Å². The molecule has 1 aliphatic carbocycles. The van der Waals surface area contributed by atoms with E-state index >= 15 is 0 Å². The van der Waals surface area contributed by atoms with Crippen molar-refractivity contribution < 1.29 is 0 Å². The number of aromatic amines is 1. The predicted octanol–water partition coefficient (Wildman–Crippen LogP) is 4.55. The minimum atomic E-state index is -0.302. The van der Waals surface area contributed by atoms with Gasteiger partial charge in [0.1, 0.15) is 6.04 Å². The van der Waals surface area contributed by atoms with E-state index in [2.05, 4.69) is 86.6 Å². The molecule has 8 heteroatoms. The fraction of sp³-hybridized carbons (Fsp3) is 0.448. The number of anilines is 1. The Morgan fingerprint density at radius 1 is 0.946 bits per heavy atom. The Morgan fingerprint density at radius 2 is 1.70 bits per heavy atom. The number of piperazine rings is 1. The van der Waals surface area contributed by atoms with Crippen molar-refractivity contribution in [3.05, 3.63) is 81.4 Å². The Hall–Kier alpha value is -3.52. The zero-order valence-electron chi connectivity index (χ0n) is 21.7. The summed E-state index contributed by atoms with van der Waals surface area (Å²) < 4.78 is 2.03. The molecule has 1 unspecified atom stereocenters. The van der Waals surface area contributed by atoms with Crippen LogP contribution in [0.25, 0.3) is 10.9 Å². The SMILES string of the molecule is Cc1cc(C)c2cc(C(c3nnnn3C3CCCCC3)N3CCN(c4ccccc4)CC3)c(=O)[nH]c2c1. The average molecular weight is 498 g/mol. The van der Waals surface area contributed by atoms with E-state index < -0.39 is 0 Å². The molecular weight excluding hydrogens is 462 g/mol. The smallest absolute Gasteiger partial charge is 0.253 e. The largest absolute Gasteiger partial charge is 0.369 e. The molecule has 0 amide bonds. The van der Waals surface area contributed by atoms with Crippen LogP contribution in [0, 0.1) is 13.8 Å². The first-order valence-corrected chi connectivity index (χ1v) is 13.5. The number of para-hydroxylation sites is 1. The highest BCUT2D eigenvalue weighted by molar-refractivity contribution is 5.83. The normalized spacial score (nSPS) is 18.4. The maximum absolute atomic E-state index is 13.6. The second-order valence-corrected chi connectivity index (χ2v) is 10.6. The lowest BCUT2D eigenvalue weighted by Gasteiger charge is -2.40. The summed E-state index contributed by atoms with van der Waals surface area (Å²) in [7, 11) is 0. The highest BCUT2D eigenvalue weighted by atomic mass is 16.1. The number of pyridine rings is 1. The Bertz CT molecular complexity index is 1430. The number of nitrogens with one attached hydrogen (secondary N) is 1. The number of fused-ring (bicyclic) bond motifs is 1. The highest BCUT2D eigenvalue weighted by Crippen LogP contribution is 2.34. The van der Waals surface area contributed by atoms with Crippen molar-refractivity contribution in [3.63, 3.8) is 0 Å². The standard InChI is InChI=1S/C29H35N7O/c1-20-17-21(2)24-19-25(29(37)30-26(24)18-20)27(28-31-32-33-36(28)23-11-7-4-8-12-23)35-15-13-34(14-16-35)22-9-5-3-6-10-22/h3,5-6,9-10,17-19,23,27H,4,7-8,11-16H2,1-2H3,(H,30,37). The lowest BCUT2D eigenvalue weighted by molar-refractivity contribution is 0.192. The molecule has 37 heavy (non-hydrogen) atoms. The molecule has 1 saturated carbocycles. The Labute approximate surface area is 217 Å². The fourth-order valence-electron chi connectivity index (χ4n) is 6.23. The number of aryl methyl sites for hydroxylation is 2. The van der Waals surface area contributed by atoms with Gasteiger partial charge in [-0.15, -0.1) is 5.10 Å². The third kappa shape index (κ3) is 4.66. The van der Waals surface area contributed by atoms with Gasteiger partial charge in [0.25, 0.3) is 5.56 Å². The van der Waals surface area contributed by atoms with Crippen molar-refractivity contribution in [2.45, 2.75) is 58.0 Å². The summed E-state index contributed by atoms with van der Waals surface area (Å²) in [5.74, 6) is 0.787. The fourth-order valence-corrected chi connectivity index (χ4v) is 6.23. The summed E-state index contributed by atoms with van der Waals surface area (Å²) in [5.41, 5.74) is 5.08. The molecule has 2 aromatic carbocycles. The van der Waals surface area contributed by atoms with Gasteiger partial charge in [-0.1, -0.05) is 43.5 Å². The van der Waals surface area contributed by atoms with Gasteiger partial charge < -0.3 is 9.88 Å². The van der Waals surface area contributed by atoms with Crippen LogP contribution in [-0.2, 0) is 0 Å². The number of aromatic nitrogens is 5. The molecule has 2 aliphatic rings. The summed E-state index contributed by atoms with van der Waals surface area (Å²) in [6.07, 6.45) is 5.82. The van der Waals surface area contributed by atoms with Crippen molar-refractivity contribution in [1.29, 1.82) is 0 Å². The third-order valence-corrected chi connectivity index (χ3v) is 8.12. The van der Waals surface area contributed by atoms with Crippen molar-refractivity contribution >= 4 is 16.6 Å². The number of hydrogen-bond acceptors (Lipinski definition) is 6. The van der Waals surface area contributed by atoms with Gasteiger partial charge in [0.2, 0.25) is 0 Å². The van der Waals surface area contributed by atoms with E-state index in [1.807, 2.05) is 10.7 Å². The average Bonchev–Trinajstić information content (AvgIpc) is 3.40. The Morgan fingerprint density at radius 3 is 2.46 bits per heavy atom. The molecule has 4 aromatic rings. The Balaban J connectivity index is 1.41. The van der Waals surface area contributed by atoms with Gasteiger partial charge in [0.05, 0.1) is 6.04 Å². The molecule has 0 radical (unpaired) electrons. The lowest BCUT2D eigenvalue weighted by Crippen LogP contribution is -2.49. The number of benzene rings is 2. The number of tetrazole rings is 1. The monoisotopic (exact) mass is 497 g/mol. The summed E-state index contributed by atoms with van der Waals surface area (Å²) >= 11 is 0. The summed E-state index contributed by atoms with van der Waals surface area (Å²) in [6.45, 7) is 7.58. The lowest BCUT2D eigenvalue weighted by atomic mass is 9.94. The van der Waals surface area contributed by atoms with Crippen LogP contribution < -0.4 is 10.5 Å². The summed E-state index contributed by atoms with van der Waals surface area (Å²) in [4.78, 5) is 21.6. The number of H-pyrrole nitrogens is 1. The molecule has 0 bridgehead atoms. The first-order valence-electron chi connectivity index (χ1n) is 13.5. The molecule has 2 fully saturated rings. The van der Waals surface area contributed by atoms with E-state index in [1.54, 1.807) is 0 Å². The van der Waals surface area contributed by atoms with Crippen molar-refractivity contribution in [1.82, 2.24) is 30.1 Å². The van der Waals surface area contributed by atoms with Crippen molar-refractivity contribution in [2.24, 2.45) is 0 Å². The molecule has 1 N–H and O–H groups in total. The zero-order valence-corrected chi connectivity index (χ0v) is 21.7. The van der Waals surface area contributed by atoms with Gasteiger partial charge >= 0.3 is 0 Å². The quantitative estimate of drug-likeness (QED) is 0.436. The number of nitrogens with zero attached hydrogens (tertiary/aromatic N) is 6. The van der Waals surface area contributed by atoms with Crippen LogP contribution in [0.1, 0.15) is 66.7 Å². The summed E-state index contributed by atoms with van der Waals surface area (Å²) in [5, 5.41) is 14.3. The van der Waals surface area contributed by atoms with Gasteiger partial charge in [-0.3, -0.25) is 9.69 Å². The second kappa shape index (κ2) is 10.1. The molecule has 1 atom stereocenters. The van der Waals surface area contributed by atoms with Crippen molar-refractivity contribution in [3.8, 4) is 0 Å². The van der Waals surface area contributed by atoms with Gasteiger partial charge in [-0.05, 0) is 72.5 Å². The van der Waals surface area contributed by atoms with Gasteiger partial charge in [0.15, 0.2) is 5.82 Å². The molecular formula is C29H35N7O. The van der Waals surface area contributed by atoms with E-state index in [0.29, 0.717) is 0 Å². The molecule has 0 spiro atoms. The zero-order chi connectivity index (χ0) is 25.4. The van der Waals surface area contributed by atoms with E-state index in [0.717, 1.165) is 72.4 Å². The number of hydrogen-bond donors (Lipinski definition) is 1. The van der Waals surface area contributed by atoms with Crippen LogP contribution in [0.3, 0.4) is 0 Å². The first kappa shape index (κ1) is 23.9. The van der Waals surface area contributed by atoms with E-state index in [1.165, 1.54) is 24.9 Å². The number of rotatable bonds is 5. The molecule has 2 aromatic heterocycles. The van der Waals surface area contributed by atoms with Gasteiger partial charge in [-0.25, -0.2) is 4.68 Å². The minimum absolute atomic E-state index is 0.0637. The van der Waals surface area contributed by atoms with Crippen molar-refractivity contribution in [2.75, 3.05) is 31.1 Å². The maximum atomic E-state index is 13.6. The third-order valence-electron chi connectivity index (χ3n) is 8.12. The first-order chi connectivity index (χ1) is 18.1. The van der Waals surface area contributed by atoms with Crippen LogP contribution in [0.2, 0.25) is 0 Å². The van der Waals surface area contributed by atoms with Crippen LogP contribution in [0.15, 0.2) is 53.3 Å². The molecule has 6 rings (SSSR count). The molecule has 8 nitrogen and oxygen atoms in total. The highest BCUT2D eigenvalue weighted by Gasteiger charge is 2.34. The van der Waals surface area contributed by atoms with Gasteiger partial charge in [-0.2, -0.15) is 0 Å². The van der Waals surface area contributed by atoms with Crippen LogP contribution in [-0.4, -0.2) is 56.3 Å². The van der Waals surface area contributed by atoms with Crippen LogP contribution in [0.4, 0.5) is 5.69 Å². The van der Waals surface area contributed by atoms with Crippen LogP contribution >= 0.6 is 0 Å². The molecule has 1 saturated heterocycles. The maximum Gasteiger partial charge on any atom is 0.253 e. The predicted molar refractivity (Wildman–Crippen MR) is 146 cm³/mol. The Kier molecular flexibility index (Phi) is 6.50. The van der Waals surface area contributed by atoms with E-state index in [-0.39, 0.29) is 17.6 Å². The molecule has 192 valence electrons.